The van der Waals surface area contributed by atoms with E-state index in [2.05, 4.69) is 30.7 Å². The Bertz CT molecular complexity index is 282. The second-order valence-corrected chi connectivity index (χ2v) is 5.34. The van der Waals surface area contributed by atoms with Gasteiger partial charge in [-0.05, 0) is 30.2 Å². The van der Waals surface area contributed by atoms with Crippen LogP contribution in [-0.4, -0.2) is 9.97 Å². The molecule has 1 aromatic heterocycles. The van der Waals surface area contributed by atoms with Gasteiger partial charge in [-0.1, -0.05) is 46.5 Å². The molecule has 0 aliphatic rings. The second kappa shape index (κ2) is 8.21. The first kappa shape index (κ1) is 14.1. The topological polar surface area (TPSA) is 25.8 Å². The van der Waals surface area contributed by atoms with E-state index < -0.39 is 0 Å². The zero-order valence-corrected chi connectivity index (χ0v) is 11.5. The summed E-state index contributed by atoms with van der Waals surface area (Å²) in [5.74, 6) is 1.49. The fraction of sp³-hybridized carbons (Fsp3) is 0.733. The summed E-state index contributed by atoms with van der Waals surface area (Å²) < 4.78 is 0. The van der Waals surface area contributed by atoms with Crippen LogP contribution in [0.25, 0.3) is 0 Å². The third-order valence-electron chi connectivity index (χ3n) is 3.27. The Morgan fingerprint density at radius 1 is 1.00 bits per heavy atom. The van der Waals surface area contributed by atoms with Crippen LogP contribution in [-0.2, 0) is 0 Å². The van der Waals surface area contributed by atoms with Gasteiger partial charge in [0.15, 0.2) is 0 Å². The Labute approximate surface area is 106 Å². The lowest BCUT2D eigenvalue weighted by Crippen LogP contribution is -2.00. The molecular formula is C15H26N2. The highest BCUT2D eigenvalue weighted by molar-refractivity contribution is 5.09. The number of nitrogens with zero attached hydrogens (tertiary/aromatic N) is 2. The van der Waals surface area contributed by atoms with Gasteiger partial charge in [-0.3, -0.25) is 0 Å². The molecule has 2 nitrogen and oxygen atoms in total. The molecule has 0 radical (unpaired) electrons. The van der Waals surface area contributed by atoms with Crippen molar-refractivity contribution in [3.8, 4) is 0 Å². The highest BCUT2D eigenvalue weighted by atomic mass is 14.8. The molecule has 17 heavy (non-hydrogen) atoms. The van der Waals surface area contributed by atoms with Crippen LogP contribution < -0.4 is 0 Å². The number of unbranched alkanes of at least 4 members (excludes halogenated alkanes) is 1. The van der Waals surface area contributed by atoms with E-state index in [0.717, 1.165) is 5.92 Å². The average molecular weight is 234 g/mol. The Morgan fingerprint density at radius 2 is 1.65 bits per heavy atom. The van der Waals surface area contributed by atoms with Crippen LogP contribution in [0.5, 0.6) is 0 Å². The van der Waals surface area contributed by atoms with Crippen molar-refractivity contribution in [2.45, 2.75) is 65.2 Å². The van der Waals surface area contributed by atoms with Crippen molar-refractivity contribution >= 4 is 0 Å². The van der Waals surface area contributed by atoms with Gasteiger partial charge in [0.2, 0.25) is 0 Å². The van der Waals surface area contributed by atoms with Crippen LogP contribution in [0.1, 0.15) is 70.8 Å². The SMILES string of the molecule is CCCC(CCCCC(C)C)c1cncnc1. The van der Waals surface area contributed by atoms with Crippen molar-refractivity contribution in [3.05, 3.63) is 24.3 Å². The van der Waals surface area contributed by atoms with E-state index in [1.807, 2.05) is 12.4 Å². The van der Waals surface area contributed by atoms with E-state index in [9.17, 15) is 0 Å². The van der Waals surface area contributed by atoms with Gasteiger partial charge in [0.25, 0.3) is 0 Å². The quantitative estimate of drug-likeness (QED) is 0.615. The summed E-state index contributed by atoms with van der Waals surface area (Å²) in [6, 6.07) is 0. The Kier molecular flexibility index (Phi) is 6.83. The van der Waals surface area contributed by atoms with E-state index in [1.54, 1.807) is 6.33 Å². The largest absolute Gasteiger partial charge is 0.245 e. The van der Waals surface area contributed by atoms with Crippen LogP contribution in [0.4, 0.5) is 0 Å². The molecule has 1 aromatic rings. The fourth-order valence-corrected chi connectivity index (χ4v) is 2.29. The molecule has 0 saturated heterocycles. The number of hydrogen-bond acceptors (Lipinski definition) is 2. The summed E-state index contributed by atoms with van der Waals surface area (Å²) in [6.45, 7) is 6.86. The first-order valence-electron chi connectivity index (χ1n) is 6.99. The molecule has 0 aromatic carbocycles. The molecule has 1 unspecified atom stereocenters. The zero-order valence-electron chi connectivity index (χ0n) is 11.5. The maximum atomic E-state index is 4.13. The van der Waals surface area contributed by atoms with Crippen LogP contribution >= 0.6 is 0 Å². The van der Waals surface area contributed by atoms with Crippen molar-refractivity contribution in [2.24, 2.45) is 5.92 Å². The minimum atomic E-state index is 0.661. The van der Waals surface area contributed by atoms with Crippen LogP contribution in [0, 0.1) is 5.92 Å². The number of aromatic nitrogens is 2. The molecule has 1 heterocycles. The Hall–Kier alpha value is -0.920. The molecule has 0 bridgehead atoms. The van der Waals surface area contributed by atoms with Gasteiger partial charge in [0, 0.05) is 12.4 Å². The lowest BCUT2D eigenvalue weighted by molar-refractivity contribution is 0.483. The molecule has 0 aliphatic heterocycles. The van der Waals surface area contributed by atoms with E-state index in [-0.39, 0.29) is 0 Å². The third-order valence-corrected chi connectivity index (χ3v) is 3.27. The minimum absolute atomic E-state index is 0.661. The molecule has 0 fully saturated rings. The summed E-state index contributed by atoms with van der Waals surface area (Å²) >= 11 is 0. The predicted octanol–water partition coefficient (Wildman–Crippen LogP) is 4.58. The summed E-state index contributed by atoms with van der Waals surface area (Å²) in [5.41, 5.74) is 1.32. The number of rotatable bonds is 8. The predicted molar refractivity (Wildman–Crippen MR) is 73.0 cm³/mol. The fourth-order valence-electron chi connectivity index (χ4n) is 2.29. The van der Waals surface area contributed by atoms with Crippen molar-refractivity contribution in [3.63, 3.8) is 0 Å². The molecule has 2 heteroatoms. The van der Waals surface area contributed by atoms with Crippen LogP contribution in [0.15, 0.2) is 18.7 Å². The zero-order chi connectivity index (χ0) is 12.5. The first-order valence-corrected chi connectivity index (χ1v) is 6.99. The molecular weight excluding hydrogens is 208 g/mol. The molecule has 96 valence electrons. The van der Waals surface area contributed by atoms with Crippen molar-refractivity contribution in [2.75, 3.05) is 0 Å². The lowest BCUT2D eigenvalue weighted by atomic mass is 9.90. The van der Waals surface area contributed by atoms with E-state index in [1.165, 1.54) is 44.1 Å². The van der Waals surface area contributed by atoms with Gasteiger partial charge in [0.1, 0.15) is 6.33 Å². The highest BCUT2D eigenvalue weighted by Gasteiger charge is 2.10. The van der Waals surface area contributed by atoms with Gasteiger partial charge < -0.3 is 0 Å². The van der Waals surface area contributed by atoms with Gasteiger partial charge in [-0.25, -0.2) is 9.97 Å². The molecule has 0 saturated carbocycles. The standard InChI is InChI=1S/C15H26N2/c1-4-7-14(9-6-5-8-13(2)3)15-10-16-12-17-11-15/h10-14H,4-9H2,1-3H3. The summed E-state index contributed by atoms with van der Waals surface area (Å²) in [6.07, 6.45) is 13.4. The molecule has 1 rings (SSSR count). The van der Waals surface area contributed by atoms with Crippen molar-refractivity contribution < 1.29 is 0 Å². The summed E-state index contributed by atoms with van der Waals surface area (Å²) in [5, 5.41) is 0. The van der Waals surface area contributed by atoms with Crippen LogP contribution in [0.3, 0.4) is 0 Å². The lowest BCUT2D eigenvalue weighted by Gasteiger charge is -2.15. The van der Waals surface area contributed by atoms with Crippen molar-refractivity contribution in [1.29, 1.82) is 0 Å². The summed E-state index contributed by atoms with van der Waals surface area (Å²) in [7, 11) is 0. The van der Waals surface area contributed by atoms with E-state index >= 15 is 0 Å². The van der Waals surface area contributed by atoms with E-state index in [4.69, 9.17) is 0 Å². The van der Waals surface area contributed by atoms with Crippen LogP contribution in [0.2, 0.25) is 0 Å². The van der Waals surface area contributed by atoms with Gasteiger partial charge in [-0.2, -0.15) is 0 Å². The molecule has 1 atom stereocenters. The molecule has 0 amide bonds. The second-order valence-electron chi connectivity index (χ2n) is 5.34. The van der Waals surface area contributed by atoms with E-state index in [0.29, 0.717) is 5.92 Å². The molecule has 0 aliphatic carbocycles. The summed E-state index contributed by atoms with van der Waals surface area (Å²) in [4.78, 5) is 8.27. The highest BCUT2D eigenvalue weighted by Crippen LogP contribution is 2.26. The maximum absolute atomic E-state index is 4.13. The van der Waals surface area contributed by atoms with Crippen molar-refractivity contribution in [1.82, 2.24) is 9.97 Å². The minimum Gasteiger partial charge on any atom is -0.245 e. The van der Waals surface area contributed by atoms with Gasteiger partial charge in [-0.15, -0.1) is 0 Å². The monoisotopic (exact) mass is 234 g/mol. The normalized spacial score (nSPS) is 12.9. The number of hydrogen-bond donors (Lipinski definition) is 0. The molecule has 0 N–H and O–H groups in total. The Balaban J connectivity index is 2.39. The van der Waals surface area contributed by atoms with Gasteiger partial charge >= 0.3 is 0 Å². The maximum Gasteiger partial charge on any atom is 0.115 e. The molecule has 0 spiro atoms. The third kappa shape index (κ3) is 5.81. The first-order chi connectivity index (χ1) is 8.24. The smallest absolute Gasteiger partial charge is 0.115 e. The van der Waals surface area contributed by atoms with Gasteiger partial charge in [0.05, 0.1) is 0 Å². The Morgan fingerprint density at radius 3 is 2.24 bits per heavy atom. The average Bonchev–Trinajstić information content (AvgIpc) is 2.34.